The van der Waals surface area contributed by atoms with Gasteiger partial charge in [0, 0.05) is 24.0 Å². The second-order valence-corrected chi connectivity index (χ2v) is 6.95. The monoisotopic (exact) mass is 367 g/mol. The Hall–Kier alpha value is -1.30. The van der Waals surface area contributed by atoms with E-state index in [2.05, 4.69) is 37.8 Å². The van der Waals surface area contributed by atoms with Crippen molar-refractivity contribution in [1.29, 1.82) is 0 Å². The predicted molar refractivity (Wildman–Crippen MR) is 87.9 cm³/mol. The van der Waals surface area contributed by atoms with E-state index in [1.165, 1.54) is 5.56 Å². The Morgan fingerprint density at radius 3 is 2.95 bits per heavy atom. The smallest absolute Gasteiger partial charge is 0.0877 e. The van der Waals surface area contributed by atoms with Gasteiger partial charge < -0.3 is 5.32 Å². The van der Waals surface area contributed by atoms with Gasteiger partial charge in [-0.15, -0.1) is 11.3 Å². The Bertz CT molecular complexity index is 709. The topological polar surface area (TPSA) is 29.9 Å². The zero-order chi connectivity index (χ0) is 13.9. The van der Waals surface area contributed by atoms with Crippen LogP contribution in [0.1, 0.15) is 5.56 Å². The third-order valence-corrected chi connectivity index (χ3v) is 4.60. The molecule has 0 fully saturated rings. The third kappa shape index (κ3) is 3.06. The van der Waals surface area contributed by atoms with Crippen molar-refractivity contribution in [1.82, 2.24) is 9.78 Å². The molecule has 0 bridgehead atoms. The SMILES string of the molecule is Clc1ccc(-n2cccn2)c(NCc2csc(Br)c2)c1. The molecule has 0 saturated heterocycles. The lowest BCUT2D eigenvalue weighted by atomic mass is 10.2. The first kappa shape index (κ1) is 13.7. The molecule has 0 aliphatic rings. The maximum absolute atomic E-state index is 6.09. The van der Waals surface area contributed by atoms with Crippen LogP contribution >= 0.6 is 38.9 Å². The van der Waals surface area contributed by atoms with Gasteiger partial charge in [-0.2, -0.15) is 5.10 Å². The lowest BCUT2D eigenvalue weighted by Crippen LogP contribution is -2.04. The number of rotatable bonds is 4. The highest BCUT2D eigenvalue weighted by atomic mass is 79.9. The van der Waals surface area contributed by atoms with Crippen LogP contribution in [-0.2, 0) is 6.54 Å². The fourth-order valence-corrected chi connectivity index (χ4v) is 3.28. The van der Waals surface area contributed by atoms with Crippen LogP contribution in [0.5, 0.6) is 0 Å². The predicted octanol–water partition coefficient (Wildman–Crippen LogP) is 4.96. The van der Waals surface area contributed by atoms with Gasteiger partial charge in [0.25, 0.3) is 0 Å². The lowest BCUT2D eigenvalue weighted by molar-refractivity contribution is 0.879. The number of nitrogens with one attached hydrogen (secondary N) is 1. The summed E-state index contributed by atoms with van der Waals surface area (Å²) in [5, 5.41) is 10.5. The molecule has 0 aliphatic carbocycles. The van der Waals surface area contributed by atoms with Crippen molar-refractivity contribution in [3.05, 3.63) is 62.5 Å². The maximum Gasteiger partial charge on any atom is 0.0877 e. The minimum absolute atomic E-state index is 0.704. The summed E-state index contributed by atoms with van der Waals surface area (Å²) in [5.74, 6) is 0. The van der Waals surface area contributed by atoms with E-state index < -0.39 is 0 Å². The molecule has 3 aromatic rings. The summed E-state index contributed by atoms with van der Waals surface area (Å²) in [6.07, 6.45) is 3.67. The average Bonchev–Trinajstić information content (AvgIpc) is 3.08. The summed E-state index contributed by atoms with van der Waals surface area (Å²) in [5.41, 5.74) is 3.17. The zero-order valence-electron chi connectivity index (χ0n) is 10.4. The summed E-state index contributed by atoms with van der Waals surface area (Å²) >= 11 is 11.2. The average molecular weight is 369 g/mol. The van der Waals surface area contributed by atoms with E-state index in [0.29, 0.717) is 5.02 Å². The van der Waals surface area contributed by atoms with Crippen LogP contribution in [-0.4, -0.2) is 9.78 Å². The highest BCUT2D eigenvalue weighted by molar-refractivity contribution is 9.11. The molecule has 20 heavy (non-hydrogen) atoms. The Labute approximate surface area is 134 Å². The van der Waals surface area contributed by atoms with E-state index in [0.717, 1.165) is 21.7 Å². The molecular formula is C14H11BrClN3S. The van der Waals surface area contributed by atoms with Crippen molar-refractivity contribution in [2.75, 3.05) is 5.32 Å². The van der Waals surface area contributed by atoms with Crippen LogP contribution in [0.2, 0.25) is 5.02 Å². The molecule has 0 unspecified atom stereocenters. The van der Waals surface area contributed by atoms with Crippen LogP contribution in [0.4, 0.5) is 5.69 Å². The molecule has 0 aliphatic heterocycles. The van der Waals surface area contributed by atoms with Crippen LogP contribution in [0.25, 0.3) is 5.69 Å². The van der Waals surface area contributed by atoms with Crippen molar-refractivity contribution < 1.29 is 0 Å². The van der Waals surface area contributed by atoms with Crippen molar-refractivity contribution >= 4 is 44.6 Å². The maximum atomic E-state index is 6.09. The second-order valence-electron chi connectivity index (χ2n) is 4.22. The number of hydrogen-bond acceptors (Lipinski definition) is 3. The van der Waals surface area contributed by atoms with Gasteiger partial charge in [0.2, 0.25) is 0 Å². The van der Waals surface area contributed by atoms with Gasteiger partial charge in [0.15, 0.2) is 0 Å². The highest BCUT2D eigenvalue weighted by Crippen LogP contribution is 2.26. The molecule has 0 radical (unpaired) electrons. The van der Waals surface area contributed by atoms with Crippen LogP contribution < -0.4 is 5.32 Å². The third-order valence-electron chi connectivity index (χ3n) is 2.81. The summed E-state index contributed by atoms with van der Waals surface area (Å²) in [6.45, 7) is 0.747. The number of aromatic nitrogens is 2. The summed E-state index contributed by atoms with van der Waals surface area (Å²) in [7, 11) is 0. The molecule has 3 rings (SSSR count). The van der Waals surface area contributed by atoms with E-state index in [-0.39, 0.29) is 0 Å². The van der Waals surface area contributed by atoms with E-state index in [4.69, 9.17) is 11.6 Å². The van der Waals surface area contributed by atoms with Gasteiger partial charge >= 0.3 is 0 Å². The van der Waals surface area contributed by atoms with Crippen molar-refractivity contribution in [3.8, 4) is 5.69 Å². The summed E-state index contributed by atoms with van der Waals surface area (Å²) in [4.78, 5) is 0. The Morgan fingerprint density at radius 1 is 1.35 bits per heavy atom. The highest BCUT2D eigenvalue weighted by Gasteiger charge is 2.06. The Balaban J connectivity index is 1.86. The minimum atomic E-state index is 0.704. The van der Waals surface area contributed by atoms with Crippen LogP contribution in [0.3, 0.4) is 0 Å². The van der Waals surface area contributed by atoms with E-state index in [9.17, 15) is 0 Å². The molecule has 0 saturated carbocycles. The lowest BCUT2D eigenvalue weighted by Gasteiger charge is -2.12. The fourth-order valence-electron chi connectivity index (χ4n) is 1.90. The summed E-state index contributed by atoms with van der Waals surface area (Å²) < 4.78 is 2.95. The molecule has 0 spiro atoms. The van der Waals surface area contributed by atoms with E-state index in [1.807, 2.05) is 35.1 Å². The molecule has 0 atom stereocenters. The van der Waals surface area contributed by atoms with Gasteiger partial charge in [-0.1, -0.05) is 11.6 Å². The molecular weight excluding hydrogens is 358 g/mol. The first-order chi connectivity index (χ1) is 9.72. The van der Waals surface area contributed by atoms with Gasteiger partial charge in [0.1, 0.15) is 0 Å². The van der Waals surface area contributed by atoms with Gasteiger partial charge in [-0.25, -0.2) is 4.68 Å². The van der Waals surface area contributed by atoms with Crippen molar-refractivity contribution in [2.24, 2.45) is 0 Å². The van der Waals surface area contributed by atoms with Crippen LogP contribution in [0.15, 0.2) is 51.9 Å². The quantitative estimate of drug-likeness (QED) is 0.705. The normalized spacial score (nSPS) is 10.7. The van der Waals surface area contributed by atoms with E-state index >= 15 is 0 Å². The largest absolute Gasteiger partial charge is 0.379 e. The zero-order valence-corrected chi connectivity index (χ0v) is 13.5. The molecule has 3 nitrogen and oxygen atoms in total. The number of thiophene rings is 1. The molecule has 1 aromatic carbocycles. The molecule has 2 heterocycles. The van der Waals surface area contributed by atoms with E-state index in [1.54, 1.807) is 17.5 Å². The van der Waals surface area contributed by atoms with Gasteiger partial charge in [-0.05, 0) is 57.2 Å². The molecule has 6 heteroatoms. The first-order valence-electron chi connectivity index (χ1n) is 5.99. The second kappa shape index (κ2) is 5.99. The van der Waals surface area contributed by atoms with Crippen LogP contribution in [0, 0.1) is 0 Å². The summed E-state index contributed by atoms with van der Waals surface area (Å²) in [6, 6.07) is 9.75. The first-order valence-corrected chi connectivity index (χ1v) is 8.04. The molecule has 0 amide bonds. The van der Waals surface area contributed by atoms with Crippen molar-refractivity contribution in [2.45, 2.75) is 6.54 Å². The Kier molecular flexibility index (Phi) is 4.10. The number of halogens is 2. The number of nitrogens with zero attached hydrogens (tertiary/aromatic N) is 2. The van der Waals surface area contributed by atoms with Crippen molar-refractivity contribution in [3.63, 3.8) is 0 Å². The minimum Gasteiger partial charge on any atom is -0.379 e. The van der Waals surface area contributed by atoms with Gasteiger partial charge in [0.05, 0.1) is 15.2 Å². The molecule has 102 valence electrons. The number of hydrogen-bond donors (Lipinski definition) is 1. The molecule has 1 N–H and O–H groups in total. The Morgan fingerprint density at radius 2 is 2.25 bits per heavy atom. The standard InChI is InChI=1S/C14H11BrClN3S/c15-14-6-10(9-20-14)8-17-12-7-11(16)2-3-13(12)19-5-1-4-18-19/h1-7,9,17H,8H2. The molecule has 2 aromatic heterocycles. The van der Waals surface area contributed by atoms with Gasteiger partial charge in [-0.3, -0.25) is 0 Å². The number of benzene rings is 1. The fraction of sp³-hybridized carbons (Fsp3) is 0.0714. The number of anilines is 1.